The molecule has 1 rings (SSSR count). The summed E-state index contributed by atoms with van der Waals surface area (Å²) >= 11 is 1.59. The molecule has 0 spiro atoms. The summed E-state index contributed by atoms with van der Waals surface area (Å²) in [6.45, 7) is 5.82. The first-order chi connectivity index (χ1) is 7.15. The summed E-state index contributed by atoms with van der Waals surface area (Å²) in [5.41, 5.74) is 0.783. The van der Waals surface area contributed by atoms with Gasteiger partial charge in [0.2, 0.25) is 0 Å². The molecule has 0 aromatic heterocycles. The number of halogens is 1. The second-order valence-corrected chi connectivity index (χ2v) is 4.79. The fraction of sp³-hybridized carbons (Fsp3) is 0.500. The zero-order chi connectivity index (χ0) is 11.3. The fourth-order valence-electron chi connectivity index (χ4n) is 1.39. The smallest absolute Gasteiger partial charge is 0.128 e. The predicted octanol–water partition coefficient (Wildman–Crippen LogP) is 3.29. The number of benzene rings is 1. The van der Waals surface area contributed by atoms with Gasteiger partial charge in [-0.3, -0.25) is 0 Å². The molecule has 0 aliphatic heterocycles. The number of nitrogens with one attached hydrogen (secondary N) is 1. The third kappa shape index (κ3) is 3.84. The Kier molecular flexibility index (Phi) is 5.12. The maximum absolute atomic E-state index is 13.5. The highest BCUT2D eigenvalue weighted by atomic mass is 32.2. The van der Waals surface area contributed by atoms with Crippen LogP contribution in [0.3, 0.4) is 0 Å². The molecular formula is C12H18FNS. The molecule has 1 aromatic carbocycles. The van der Waals surface area contributed by atoms with E-state index in [1.807, 2.05) is 12.3 Å². The second-order valence-electron chi connectivity index (χ2n) is 3.95. The summed E-state index contributed by atoms with van der Waals surface area (Å²) in [6.07, 6.45) is 1.97. The van der Waals surface area contributed by atoms with Crippen molar-refractivity contribution in [3.8, 4) is 0 Å². The molecule has 84 valence electrons. The zero-order valence-corrected chi connectivity index (χ0v) is 10.3. The van der Waals surface area contributed by atoms with Crippen LogP contribution in [0.5, 0.6) is 0 Å². The van der Waals surface area contributed by atoms with Crippen molar-refractivity contribution < 1.29 is 4.39 Å². The summed E-state index contributed by atoms with van der Waals surface area (Å²) in [4.78, 5) is 1.02. The Morgan fingerprint density at radius 2 is 2.13 bits per heavy atom. The Morgan fingerprint density at radius 1 is 1.40 bits per heavy atom. The van der Waals surface area contributed by atoms with Gasteiger partial charge in [0.05, 0.1) is 0 Å². The Balaban J connectivity index is 2.66. The lowest BCUT2D eigenvalue weighted by molar-refractivity contribution is 0.530. The number of hydrogen-bond donors (Lipinski definition) is 1. The van der Waals surface area contributed by atoms with E-state index in [1.54, 1.807) is 17.8 Å². The molecule has 3 heteroatoms. The fourth-order valence-corrected chi connectivity index (χ4v) is 2.02. The second kappa shape index (κ2) is 6.13. The minimum atomic E-state index is -0.113. The molecule has 15 heavy (non-hydrogen) atoms. The van der Waals surface area contributed by atoms with Crippen molar-refractivity contribution >= 4 is 11.8 Å². The van der Waals surface area contributed by atoms with Crippen LogP contribution in [0.25, 0.3) is 0 Å². The molecule has 0 amide bonds. The summed E-state index contributed by atoms with van der Waals surface area (Å²) in [6, 6.07) is 5.24. The van der Waals surface area contributed by atoms with Crippen molar-refractivity contribution in [3.63, 3.8) is 0 Å². The van der Waals surface area contributed by atoms with E-state index in [1.165, 1.54) is 6.07 Å². The molecule has 0 aliphatic rings. The summed E-state index contributed by atoms with van der Waals surface area (Å²) in [7, 11) is 0. The van der Waals surface area contributed by atoms with E-state index < -0.39 is 0 Å². The summed E-state index contributed by atoms with van der Waals surface area (Å²) in [5.74, 6) is 0.479. The maximum Gasteiger partial charge on any atom is 0.128 e. The van der Waals surface area contributed by atoms with E-state index in [0.717, 1.165) is 17.0 Å². The molecule has 0 saturated carbocycles. The van der Waals surface area contributed by atoms with E-state index >= 15 is 0 Å². The first kappa shape index (κ1) is 12.5. The molecule has 1 aromatic rings. The average molecular weight is 227 g/mol. The van der Waals surface area contributed by atoms with Gasteiger partial charge < -0.3 is 5.32 Å². The summed E-state index contributed by atoms with van der Waals surface area (Å²) < 4.78 is 13.5. The Bertz CT molecular complexity index is 312. The van der Waals surface area contributed by atoms with Gasteiger partial charge in [-0.2, -0.15) is 0 Å². The van der Waals surface area contributed by atoms with E-state index in [0.29, 0.717) is 12.5 Å². The van der Waals surface area contributed by atoms with Gasteiger partial charge in [0.25, 0.3) is 0 Å². The van der Waals surface area contributed by atoms with Crippen LogP contribution < -0.4 is 5.32 Å². The molecule has 1 N–H and O–H groups in total. The highest BCUT2D eigenvalue weighted by Crippen LogP contribution is 2.22. The minimum absolute atomic E-state index is 0.113. The van der Waals surface area contributed by atoms with Crippen molar-refractivity contribution in [3.05, 3.63) is 29.6 Å². The number of thioether (sulfide) groups is 1. The van der Waals surface area contributed by atoms with Crippen LogP contribution in [0.15, 0.2) is 23.1 Å². The first-order valence-corrected chi connectivity index (χ1v) is 6.39. The van der Waals surface area contributed by atoms with Crippen LogP contribution in [-0.4, -0.2) is 12.8 Å². The van der Waals surface area contributed by atoms with Gasteiger partial charge >= 0.3 is 0 Å². The van der Waals surface area contributed by atoms with Crippen LogP contribution in [0.1, 0.15) is 19.4 Å². The Labute approximate surface area is 95.5 Å². The minimum Gasteiger partial charge on any atom is -0.312 e. The van der Waals surface area contributed by atoms with E-state index in [-0.39, 0.29) is 5.82 Å². The van der Waals surface area contributed by atoms with E-state index in [2.05, 4.69) is 19.2 Å². The van der Waals surface area contributed by atoms with Crippen LogP contribution >= 0.6 is 11.8 Å². The van der Waals surface area contributed by atoms with Crippen molar-refractivity contribution in [1.29, 1.82) is 0 Å². The van der Waals surface area contributed by atoms with Crippen LogP contribution in [0.4, 0.5) is 4.39 Å². The van der Waals surface area contributed by atoms with Crippen molar-refractivity contribution in [2.24, 2.45) is 5.92 Å². The maximum atomic E-state index is 13.5. The van der Waals surface area contributed by atoms with Gasteiger partial charge in [0.15, 0.2) is 0 Å². The highest BCUT2D eigenvalue weighted by Gasteiger charge is 2.07. The molecule has 0 atom stereocenters. The monoisotopic (exact) mass is 227 g/mol. The molecule has 0 unspecified atom stereocenters. The average Bonchev–Trinajstić information content (AvgIpc) is 2.20. The SMILES string of the molecule is CSc1cccc(F)c1CNCC(C)C. The van der Waals surface area contributed by atoms with Gasteiger partial charge in [-0.15, -0.1) is 11.8 Å². The van der Waals surface area contributed by atoms with Gasteiger partial charge in [-0.05, 0) is 30.9 Å². The van der Waals surface area contributed by atoms with Crippen molar-refractivity contribution in [2.75, 3.05) is 12.8 Å². The largest absolute Gasteiger partial charge is 0.312 e. The molecule has 0 saturated heterocycles. The quantitative estimate of drug-likeness (QED) is 0.775. The molecule has 0 heterocycles. The molecule has 0 radical (unpaired) electrons. The molecular weight excluding hydrogens is 209 g/mol. The highest BCUT2D eigenvalue weighted by molar-refractivity contribution is 7.98. The molecule has 0 aliphatic carbocycles. The Hall–Kier alpha value is -0.540. The molecule has 1 nitrogen and oxygen atoms in total. The van der Waals surface area contributed by atoms with Gasteiger partial charge in [-0.25, -0.2) is 4.39 Å². The lowest BCUT2D eigenvalue weighted by Crippen LogP contribution is -2.20. The lowest BCUT2D eigenvalue weighted by Gasteiger charge is -2.11. The topological polar surface area (TPSA) is 12.0 Å². The third-order valence-corrected chi connectivity index (χ3v) is 2.97. The van der Waals surface area contributed by atoms with Gasteiger partial charge in [0, 0.05) is 17.0 Å². The zero-order valence-electron chi connectivity index (χ0n) is 9.51. The molecule has 0 fully saturated rings. The number of hydrogen-bond acceptors (Lipinski definition) is 2. The lowest BCUT2D eigenvalue weighted by atomic mass is 10.2. The van der Waals surface area contributed by atoms with E-state index in [9.17, 15) is 4.39 Å². The van der Waals surface area contributed by atoms with Crippen molar-refractivity contribution in [2.45, 2.75) is 25.3 Å². The summed E-state index contributed by atoms with van der Waals surface area (Å²) in [5, 5.41) is 3.26. The third-order valence-electron chi connectivity index (χ3n) is 2.15. The first-order valence-electron chi connectivity index (χ1n) is 5.17. The normalized spacial score (nSPS) is 11.0. The van der Waals surface area contributed by atoms with Crippen molar-refractivity contribution in [1.82, 2.24) is 5.32 Å². The predicted molar refractivity (Wildman–Crippen MR) is 64.7 cm³/mol. The standard InChI is InChI=1S/C12H18FNS/c1-9(2)7-14-8-10-11(13)5-4-6-12(10)15-3/h4-6,9,14H,7-8H2,1-3H3. The van der Waals surface area contributed by atoms with E-state index in [4.69, 9.17) is 0 Å². The van der Waals surface area contributed by atoms with Gasteiger partial charge in [0.1, 0.15) is 5.82 Å². The Morgan fingerprint density at radius 3 is 2.73 bits per heavy atom. The van der Waals surface area contributed by atoms with Crippen LogP contribution in [0, 0.1) is 11.7 Å². The number of rotatable bonds is 5. The van der Waals surface area contributed by atoms with Crippen LogP contribution in [0.2, 0.25) is 0 Å². The van der Waals surface area contributed by atoms with Crippen LogP contribution in [-0.2, 0) is 6.54 Å². The van der Waals surface area contributed by atoms with Gasteiger partial charge in [-0.1, -0.05) is 19.9 Å². The molecule has 0 bridgehead atoms.